The Morgan fingerprint density at radius 2 is 2.37 bits per heavy atom. The van der Waals surface area contributed by atoms with E-state index in [0.717, 1.165) is 11.3 Å². The predicted molar refractivity (Wildman–Crippen MR) is 73.7 cm³/mol. The molecule has 0 saturated heterocycles. The zero-order chi connectivity index (χ0) is 13.7. The summed E-state index contributed by atoms with van der Waals surface area (Å²) in [5, 5.41) is 4.70. The largest absolute Gasteiger partial charge is 0.359 e. The van der Waals surface area contributed by atoms with Crippen LogP contribution in [0.4, 0.5) is 0 Å². The van der Waals surface area contributed by atoms with Crippen LogP contribution >= 0.6 is 11.6 Å². The van der Waals surface area contributed by atoms with Crippen LogP contribution in [0.15, 0.2) is 30.7 Å². The summed E-state index contributed by atoms with van der Waals surface area (Å²) < 4.78 is 7.40. The Morgan fingerprint density at radius 3 is 2.95 bits per heavy atom. The van der Waals surface area contributed by atoms with Gasteiger partial charge in [0, 0.05) is 25.9 Å². The second-order valence-electron chi connectivity index (χ2n) is 4.07. The topological polar surface area (TPSA) is 39.9 Å². The minimum atomic E-state index is -0.236. The summed E-state index contributed by atoms with van der Waals surface area (Å²) >= 11 is 6.15. The monoisotopic (exact) mass is 275 g/mol. The summed E-state index contributed by atoms with van der Waals surface area (Å²) in [6.07, 6.45) is 10.8. The van der Waals surface area contributed by atoms with Crippen LogP contribution < -0.4 is 0 Å². The minimum absolute atomic E-state index is 0.229. The molecule has 0 fully saturated rings. The molecule has 0 aliphatic carbocycles. The highest BCUT2D eigenvalue weighted by Gasteiger charge is 2.20. The number of terminal acetylenes is 1. The molecule has 2 aromatic heterocycles. The Bertz CT molecular complexity index is 555. The van der Waals surface area contributed by atoms with Crippen molar-refractivity contribution in [2.45, 2.75) is 12.5 Å². The van der Waals surface area contributed by atoms with E-state index < -0.39 is 0 Å². The summed E-state index contributed by atoms with van der Waals surface area (Å²) in [4.78, 5) is 4.09. The second kappa shape index (κ2) is 6.37. The molecule has 2 rings (SSSR count). The third-order valence-corrected chi connectivity index (χ3v) is 3.05. The molecule has 0 amide bonds. The summed E-state index contributed by atoms with van der Waals surface area (Å²) in [7, 11) is 1.83. The van der Waals surface area contributed by atoms with E-state index in [1.807, 2.05) is 19.2 Å². The number of nitrogens with zero attached hydrogens (tertiary/aromatic N) is 3. The lowest BCUT2D eigenvalue weighted by atomic mass is 10.1. The molecule has 0 saturated carbocycles. The fourth-order valence-electron chi connectivity index (χ4n) is 1.90. The van der Waals surface area contributed by atoms with Gasteiger partial charge in [-0.05, 0) is 11.6 Å². The van der Waals surface area contributed by atoms with Crippen LogP contribution in [0.25, 0.3) is 0 Å². The first-order chi connectivity index (χ1) is 9.22. The molecule has 0 radical (unpaired) electrons. The maximum absolute atomic E-state index is 6.15. The van der Waals surface area contributed by atoms with Crippen molar-refractivity contribution in [2.75, 3.05) is 6.61 Å². The first-order valence-corrected chi connectivity index (χ1v) is 6.21. The molecular formula is C14H14ClN3O. The molecule has 5 heteroatoms. The number of aryl methyl sites for hydroxylation is 1. The van der Waals surface area contributed by atoms with Gasteiger partial charge in [-0.2, -0.15) is 5.10 Å². The van der Waals surface area contributed by atoms with Gasteiger partial charge in [0.15, 0.2) is 0 Å². The molecule has 1 unspecified atom stereocenters. The fourth-order valence-corrected chi connectivity index (χ4v) is 2.19. The van der Waals surface area contributed by atoms with Gasteiger partial charge in [0.25, 0.3) is 0 Å². The fraction of sp³-hybridized carbons (Fsp3) is 0.286. The van der Waals surface area contributed by atoms with Crippen LogP contribution in [-0.4, -0.2) is 21.4 Å². The van der Waals surface area contributed by atoms with E-state index in [9.17, 15) is 0 Å². The zero-order valence-electron chi connectivity index (χ0n) is 10.6. The lowest BCUT2D eigenvalue weighted by Gasteiger charge is -2.17. The number of rotatable bonds is 5. The SMILES string of the molecule is C#CCOC(Cc1cccnc1)c1c(Cl)cnn1C. The van der Waals surface area contributed by atoms with E-state index in [2.05, 4.69) is 16.0 Å². The first kappa shape index (κ1) is 13.6. The number of hydrogen-bond acceptors (Lipinski definition) is 3. The van der Waals surface area contributed by atoms with Gasteiger partial charge in [-0.25, -0.2) is 0 Å². The smallest absolute Gasteiger partial charge is 0.108 e. The van der Waals surface area contributed by atoms with Crippen molar-refractivity contribution in [2.24, 2.45) is 7.05 Å². The average Bonchev–Trinajstić information content (AvgIpc) is 2.75. The maximum atomic E-state index is 6.15. The molecular weight excluding hydrogens is 262 g/mol. The molecule has 2 aromatic rings. The van der Waals surface area contributed by atoms with Crippen molar-refractivity contribution in [3.05, 3.63) is 47.0 Å². The molecule has 0 N–H and O–H groups in total. The van der Waals surface area contributed by atoms with Crippen LogP contribution in [0.1, 0.15) is 17.4 Å². The van der Waals surface area contributed by atoms with Crippen molar-refractivity contribution in [1.82, 2.24) is 14.8 Å². The van der Waals surface area contributed by atoms with Gasteiger partial charge in [-0.15, -0.1) is 6.42 Å². The maximum Gasteiger partial charge on any atom is 0.108 e. The van der Waals surface area contributed by atoms with Crippen LogP contribution in [0.2, 0.25) is 5.02 Å². The standard InChI is InChI=1S/C14H14ClN3O/c1-3-7-19-13(8-11-5-4-6-16-9-11)14-12(15)10-17-18(14)2/h1,4-6,9-10,13H,7-8H2,2H3. The van der Waals surface area contributed by atoms with Gasteiger partial charge in [0.2, 0.25) is 0 Å². The van der Waals surface area contributed by atoms with Gasteiger partial charge in [0.05, 0.1) is 16.9 Å². The highest BCUT2D eigenvalue weighted by molar-refractivity contribution is 6.31. The van der Waals surface area contributed by atoms with E-state index in [1.54, 1.807) is 23.3 Å². The normalized spacial score (nSPS) is 12.1. The number of halogens is 1. The molecule has 0 spiro atoms. The average molecular weight is 276 g/mol. The van der Waals surface area contributed by atoms with E-state index in [0.29, 0.717) is 11.4 Å². The summed E-state index contributed by atoms with van der Waals surface area (Å²) in [6, 6.07) is 3.88. The summed E-state index contributed by atoms with van der Waals surface area (Å²) in [5.41, 5.74) is 1.88. The van der Waals surface area contributed by atoms with Crippen molar-refractivity contribution in [3.8, 4) is 12.3 Å². The van der Waals surface area contributed by atoms with Crippen molar-refractivity contribution >= 4 is 11.6 Å². The highest BCUT2D eigenvalue weighted by atomic mass is 35.5. The van der Waals surface area contributed by atoms with E-state index in [-0.39, 0.29) is 12.7 Å². The molecule has 98 valence electrons. The number of ether oxygens (including phenoxy) is 1. The molecule has 1 atom stereocenters. The molecule has 19 heavy (non-hydrogen) atoms. The van der Waals surface area contributed by atoms with Crippen LogP contribution in [0.3, 0.4) is 0 Å². The Hall–Kier alpha value is -1.83. The number of pyridine rings is 1. The van der Waals surface area contributed by atoms with Gasteiger partial charge in [-0.3, -0.25) is 9.67 Å². The zero-order valence-corrected chi connectivity index (χ0v) is 11.3. The quantitative estimate of drug-likeness (QED) is 0.787. The molecule has 4 nitrogen and oxygen atoms in total. The molecule has 0 aromatic carbocycles. The lowest BCUT2D eigenvalue weighted by Crippen LogP contribution is -2.13. The number of aromatic nitrogens is 3. The van der Waals surface area contributed by atoms with Gasteiger partial charge < -0.3 is 4.74 Å². The second-order valence-corrected chi connectivity index (χ2v) is 4.48. The first-order valence-electron chi connectivity index (χ1n) is 5.83. The predicted octanol–water partition coefficient (Wildman–Crippen LogP) is 2.40. The Balaban J connectivity index is 2.24. The van der Waals surface area contributed by atoms with Crippen LogP contribution in [0.5, 0.6) is 0 Å². The van der Waals surface area contributed by atoms with E-state index in [1.165, 1.54) is 0 Å². The third kappa shape index (κ3) is 3.34. The van der Waals surface area contributed by atoms with Crippen molar-refractivity contribution in [3.63, 3.8) is 0 Å². The van der Waals surface area contributed by atoms with Gasteiger partial charge >= 0.3 is 0 Å². The Morgan fingerprint density at radius 1 is 1.53 bits per heavy atom. The van der Waals surface area contributed by atoms with Gasteiger partial charge in [-0.1, -0.05) is 23.6 Å². The molecule has 0 aliphatic rings. The van der Waals surface area contributed by atoms with Crippen molar-refractivity contribution in [1.29, 1.82) is 0 Å². The summed E-state index contributed by atoms with van der Waals surface area (Å²) in [6.45, 7) is 0.229. The van der Waals surface area contributed by atoms with Gasteiger partial charge in [0.1, 0.15) is 12.7 Å². The van der Waals surface area contributed by atoms with E-state index >= 15 is 0 Å². The Kier molecular flexibility index (Phi) is 4.56. The Labute approximate surface area is 117 Å². The van der Waals surface area contributed by atoms with Crippen molar-refractivity contribution < 1.29 is 4.74 Å². The summed E-state index contributed by atoms with van der Waals surface area (Å²) in [5.74, 6) is 2.47. The highest BCUT2D eigenvalue weighted by Crippen LogP contribution is 2.27. The number of hydrogen-bond donors (Lipinski definition) is 0. The third-order valence-electron chi connectivity index (χ3n) is 2.75. The van der Waals surface area contributed by atoms with E-state index in [4.69, 9.17) is 22.8 Å². The van der Waals surface area contributed by atoms with Crippen LogP contribution in [-0.2, 0) is 18.2 Å². The van der Waals surface area contributed by atoms with Crippen LogP contribution in [0, 0.1) is 12.3 Å². The lowest BCUT2D eigenvalue weighted by molar-refractivity contribution is 0.0720. The molecule has 0 bridgehead atoms. The molecule has 2 heterocycles. The minimum Gasteiger partial charge on any atom is -0.359 e. The molecule has 0 aliphatic heterocycles.